The van der Waals surface area contributed by atoms with Gasteiger partial charge in [0.15, 0.2) is 4.98 Å². The van der Waals surface area contributed by atoms with Crippen LogP contribution in [-0.2, 0) is 10.0 Å². The number of nitrogens with zero attached hydrogens (tertiary/aromatic N) is 2. The van der Waals surface area contributed by atoms with Crippen LogP contribution in [-0.4, -0.2) is 8.42 Å². The summed E-state index contributed by atoms with van der Waals surface area (Å²) in [5, 5.41) is 9.39. The van der Waals surface area contributed by atoms with E-state index in [0.717, 1.165) is 5.57 Å². The molecule has 1 aliphatic carbocycles. The lowest BCUT2D eigenvalue weighted by atomic mass is 9.92. The number of rotatable bonds is 1. The van der Waals surface area contributed by atoms with Crippen LogP contribution in [0.1, 0.15) is 18.9 Å². The van der Waals surface area contributed by atoms with Gasteiger partial charge < -0.3 is 0 Å². The van der Waals surface area contributed by atoms with E-state index in [4.69, 9.17) is 0 Å². The second kappa shape index (κ2) is 4.86. The molecule has 0 saturated heterocycles. The Morgan fingerprint density at radius 1 is 1.29 bits per heavy atom. The van der Waals surface area contributed by atoms with Crippen molar-refractivity contribution in [2.24, 2.45) is 5.92 Å². The highest BCUT2D eigenvalue weighted by Crippen LogP contribution is 2.40. The van der Waals surface area contributed by atoms with Crippen LogP contribution in [0.25, 0.3) is 10.7 Å². The van der Waals surface area contributed by atoms with Gasteiger partial charge in [-0.05, 0) is 13.3 Å². The summed E-state index contributed by atoms with van der Waals surface area (Å²) in [6, 6.07) is 9.00. The van der Waals surface area contributed by atoms with Crippen LogP contribution in [0.15, 0.2) is 58.7 Å². The van der Waals surface area contributed by atoms with Gasteiger partial charge in [0.2, 0.25) is 5.39 Å². The maximum atomic E-state index is 12.4. The summed E-state index contributed by atoms with van der Waals surface area (Å²) in [5.41, 5.74) is 2.37. The quantitative estimate of drug-likeness (QED) is 0.640. The molecule has 0 aromatic heterocycles. The highest BCUT2D eigenvalue weighted by molar-refractivity contribution is 7.93. The fraction of sp³-hybridized carbons (Fsp3) is 0.200. The average Bonchev–Trinajstić information content (AvgIpc) is 2.47. The zero-order chi connectivity index (χ0) is 15.0. The molecule has 1 unspecified atom stereocenters. The Balaban J connectivity index is 2.26. The first-order chi connectivity index (χ1) is 10.0. The van der Waals surface area contributed by atoms with Crippen molar-refractivity contribution < 1.29 is 8.42 Å². The maximum Gasteiger partial charge on any atom is 0.397 e. The summed E-state index contributed by atoms with van der Waals surface area (Å²) in [5.74, 6) is -0.537. The second-order valence-corrected chi connectivity index (χ2v) is 6.82. The molecule has 106 valence electrons. The minimum Gasteiger partial charge on any atom is -0.272 e. The van der Waals surface area contributed by atoms with Crippen molar-refractivity contribution in [1.29, 1.82) is 5.39 Å². The highest BCUT2D eigenvalue weighted by atomic mass is 32.2. The van der Waals surface area contributed by atoms with Crippen LogP contribution in [0.2, 0.25) is 0 Å². The van der Waals surface area contributed by atoms with E-state index in [-0.39, 0.29) is 4.91 Å². The highest BCUT2D eigenvalue weighted by Gasteiger charge is 2.44. The molecular weight excluding hydrogens is 286 g/mol. The molecule has 1 atom stereocenters. The standard InChI is InChI=1S/C15H14N3O2S/c1-10-7-8-13-12(9-10)15(17-16)14(18-21(13,19)20)11-5-3-2-4-6-11/h2-6,8-9,12,18H,7H2,1H3/q+1. The molecule has 1 aromatic carbocycles. The van der Waals surface area contributed by atoms with Gasteiger partial charge in [0.25, 0.3) is 10.0 Å². The number of diazo groups is 1. The molecule has 1 N–H and O–H groups in total. The number of sulfonamides is 1. The Bertz CT molecular complexity index is 827. The van der Waals surface area contributed by atoms with Crippen LogP contribution in [0.4, 0.5) is 0 Å². The normalized spacial score (nSPS) is 23.3. The van der Waals surface area contributed by atoms with E-state index < -0.39 is 15.9 Å². The van der Waals surface area contributed by atoms with Gasteiger partial charge >= 0.3 is 5.70 Å². The first kappa shape index (κ1) is 13.6. The predicted molar refractivity (Wildman–Crippen MR) is 80.4 cm³/mol. The Hall–Kier alpha value is -2.39. The third-order valence-corrected chi connectivity index (χ3v) is 5.16. The average molecular weight is 300 g/mol. The summed E-state index contributed by atoms with van der Waals surface area (Å²) in [4.78, 5) is 3.61. The molecule has 1 heterocycles. The molecule has 0 amide bonds. The van der Waals surface area contributed by atoms with Gasteiger partial charge in [-0.25, -0.2) is 8.42 Å². The molecular formula is C15H14N3O2S+. The van der Waals surface area contributed by atoms with Crippen LogP contribution in [0.5, 0.6) is 0 Å². The smallest absolute Gasteiger partial charge is 0.272 e. The van der Waals surface area contributed by atoms with Crippen molar-refractivity contribution in [3.05, 3.63) is 69.2 Å². The fourth-order valence-electron chi connectivity index (χ4n) is 2.64. The lowest BCUT2D eigenvalue weighted by molar-refractivity contribution is 0.590. The number of allylic oxidation sites excluding steroid dienone is 3. The van der Waals surface area contributed by atoms with E-state index in [9.17, 15) is 13.8 Å². The van der Waals surface area contributed by atoms with Gasteiger partial charge in [-0.2, -0.15) is 0 Å². The summed E-state index contributed by atoms with van der Waals surface area (Å²) in [6.45, 7) is 1.93. The van der Waals surface area contributed by atoms with E-state index in [1.807, 2.05) is 19.1 Å². The van der Waals surface area contributed by atoms with Crippen LogP contribution in [0.3, 0.4) is 0 Å². The molecule has 0 fully saturated rings. The molecule has 1 aliphatic heterocycles. The lowest BCUT2D eigenvalue weighted by Crippen LogP contribution is -2.34. The van der Waals surface area contributed by atoms with E-state index in [2.05, 4.69) is 9.70 Å². The van der Waals surface area contributed by atoms with Crippen LogP contribution >= 0.6 is 0 Å². The molecule has 0 bridgehead atoms. The minimum atomic E-state index is -3.61. The predicted octanol–water partition coefficient (Wildman–Crippen LogP) is 2.99. The summed E-state index contributed by atoms with van der Waals surface area (Å²) >= 11 is 0. The largest absolute Gasteiger partial charge is 0.397 e. The van der Waals surface area contributed by atoms with Gasteiger partial charge in [-0.3, -0.25) is 4.72 Å². The van der Waals surface area contributed by atoms with E-state index in [0.29, 0.717) is 23.4 Å². The number of hydrogen-bond donors (Lipinski definition) is 1. The zero-order valence-electron chi connectivity index (χ0n) is 11.4. The third kappa shape index (κ3) is 2.26. The van der Waals surface area contributed by atoms with E-state index >= 15 is 0 Å². The Kier molecular flexibility index (Phi) is 3.15. The van der Waals surface area contributed by atoms with Gasteiger partial charge in [0.05, 0.1) is 4.91 Å². The molecule has 1 aromatic rings. The lowest BCUT2D eigenvalue weighted by Gasteiger charge is -2.24. The Morgan fingerprint density at radius 2 is 2.00 bits per heavy atom. The van der Waals surface area contributed by atoms with Crippen molar-refractivity contribution >= 4 is 15.7 Å². The van der Waals surface area contributed by atoms with E-state index in [1.165, 1.54) is 0 Å². The van der Waals surface area contributed by atoms with Crippen molar-refractivity contribution in [2.45, 2.75) is 13.3 Å². The number of fused-ring (bicyclic) bond motifs is 1. The maximum absolute atomic E-state index is 12.4. The van der Waals surface area contributed by atoms with Gasteiger partial charge in [0, 0.05) is 5.56 Å². The molecule has 6 heteroatoms. The summed E-state index contributed by atoms with van der Waals surface area (Å²) in [6.07, 6.45) is 4.10. The fourth-order valence-corrected chi connectivity index (χ4v) is 4.06. The molecule has 0 radical (unpaired) electrons. The Labute approximate surface area is 123 Å². The molecule has 0 saturated carbocycles. The molecule has 2 aliphatic rings. The minimum absolute atomic E-state index is 0.251. The molecule has 5 nitrogen and oxygen atoms in total. The van der Waals surface area contributed by atoms with Crippen molar-refractivity contribution in [3.8, 4) is 0 Å². The molecule has 21 heavy (non-hydrogen) atoms. The molecule has 3 rings (SSSR count). The monoisotopic (exact) mass is 300 g/mol. The SMILES string of the molecule is CC1=CC2C(=CC1)S(=O)(=O)NC(c1ccccc1)=C2[N+]#N. The van der Waals surface area contributed by atoms with Crippen molar-refractivity contribution in [2.75, 3.05) is 0 Å². The Morgan fingerprint density at radius 3 is 2.67 bits per heavy atom. The number of benzene rings is 1. The van der Waals surface area contributed by atoms with E-state index in [1.54, 1.807) is 30.3 Å². The first-order valence-electron chi connectivity index (χ1n) is 6.58. The summed E-state index contributed by atoms with van der Waals surface area (Å²) in [7, 11) is -3.61. The summed E-state index contributed by atoms with van der Waals surface area (Å²) < 4.78 is 27.3. The molecule has 0 spiro atoms. The van der Waals surface area contributed by atoms with Gasteiger partial charge in [0.1, 0.15) is 11.6 Å². The van der Waals surface area contributed by atoms with Crippen LogP contribution in [0, 0.1) is 11.3 Å². The number of hydrogen-bond acceptors (Lipinski definition) is 3. The third-order valence-electron chi connectivity index (χ3n) is 3.65. The van der Waals surface area contributed by atoms with Crippen LogP contribution < -0.4 is 4.72 Å². The van der Waals surface area contributed by atoms with Gasteiger partial charge in [-0.1, -0.05) is 48.1 Å². The second-order valence-electron chi connectivity index (χ2n) is 5.13. The van der Waals surface area contributed by atoms with Gasteiger partial charge in [-0.15, -0.1) is 0 Å². The van der Waals surface area contributed by atoms with Crippen molar-refractivity contribution in [3.63, 3.8) is 0 Å². The zero-order valence-corrected chi connectivity index (χ0v) is 12.3. The first-order valence-corrected chi connectivity index (χ1v) is 8.06. The topological polar surface area (TPSA) is 74.3 Å². The van der Waals surface area contributed by atoms with Crippen molar-refractivity contribution in [1.82, 2.24) is 4.72 Å². The number of nitrogens with one attached hydrogen (secondary N) is 1.